The maximum atomic E-state index is 9.43. The fraction of sp³-hybridized carbons (Fsp3) is 0.400. The molecule has 0 saturated heterocycles. The van der Waals surface area contributed by atoms with Gasteiger partial charge in [0, 0.05) is 5.56 Å². The molecule has 1 aliphatic heterocycles. The lowest BCUT2D eigenvalue weighted by atomic mass is 10.1. The summed E-state index contributed by atoms with van der Waals surface area (Å²) in [5.41, 5.74) is 1.85. The molecular weight excluding hydrogens is 168 g/mol. The number of hydrogen-bond acceptors (Lipinski definition) is 3. The highest BCUT2D eigenvalue weighted by atomic mass is 16.6. The summed E-state index contributed by atoms with van der Waals surface area (Å²) in [6, 6.07) is 1.85. The minimum atomic E-state index is -0.770. The molecule has 0 saturated carbocycles. The van der Waals surface area contributed by atoms with Gasteiger partial charge in [0.1, 0.15) is 0 Å². The van der Waals surface area contributed by atoms with E-state index >= 15 is 0 Å². The number of ether oxygens (including phenoxy) is 1. The molecule has 1 aromatic heterocycles. The fourth-order valence-electron chi connectivity index (χ4n) is 1.39. The van der Waals surface area contributed by atoms with Crippen LogP contribution in [0.4, 0.5) is 0 Å². The fourth-order valence-corrected chi connectivity index (χ4v) is 1.39. The van der Waals surface area contributed by atoms with Gasteiger partial charge in [0.05, 0.1) is 18.6 Å². The van der Waals surface area contributed by atoms with Gasteiger partial charge in [0.2, 0.25) is 0 Å². The molecule has 1 aromatic rings. The largest absolute Gasteiger partial charge is 0.472 e. The Morgan fingerprint density at radius 1 is 1.54 bits per heavy atom. The lowest BCUT2D eigenvalue weighted by Gasteiger charge is -2.24. The van der Waals surface area contributed by atoms with E-state index in [0.29, 0.717) is 0 Å². The molecule has 70 valence electrons. The Morgan fingerprint density at radius 2 is 2.38 bits per heavy atom. The van der Waals surface area contributed by atoms with E-state index in [9.17, 15) is 5.11 Å². The standard InChI is InChI=1S/C10H12O3/c1-7-2-3-9(13-10(7)11)8-4-5-12-6-8/h2,4-6,9-11H,3H2,1H3. The number of aliphatic hydroxyl groups excluding tert-OH is 1. The van der Waals surface area contributed by atoms with Gasteiger partial charge in [-0.15, -0.1) is 0 Å². The van der Waals surface area contributed by atoms with Crippen molar-refractivity contribution in [1.29, 1.82) is 0 Å². The number of hydrogen-bond donors (Lipinski definition) is 1. The molecule has 3 heteroatoms. The van der Waals surface area contributed by atoms with E-state index < -0.39 is 6.29 Å². The van der Waals surface area contributed by atoms with Gasteiger partial charge in [-0.05, 0) is 25.0 Å². The summed E-state index contributed by atoms with van der Waals surface area (Å²) >= 11 is 0. The molecule has 0 aromatic carbocycles. The molecule has 1 N–H and O–H groups in total. The van der Waals surface area contributed by atoms with E-state index in [1.807, 2.05) is 19.1 Å². The molecule has 2 unspecified atom stereocenters. The monoisotopic (exact) mass is 180 g/mol. The maximum Gasteiger partial charge on any atom is 0.177 e. The van der Waals surface area contributed by atoms with Crippen molar-refractivity contribution in [1.82, 2.24) is 0 Å². The minimum absolute atomic E-state index is 0.0718. The summed E-state index contributed by atoms with van der Waals surface area (Å²) in [5.74, 6) is 0. The minimum Gasteiger partial charge on any atom is -0.472 e. The van der Waals surface area contributed by atoms with Crippen LogP contribution < -0.4 is 0 Å². The van der Waals surface area contributed by atoms with Crippen LogP contribution in [0.2, 0.25) is 0 Å². The highest BCUT2D eigenvalue weighted by molar-refractivity contribution is 5.15. The van der Waals surface area contributed by atoms with Gasteiger partial charge in [0.25, 0.3) is 0 Å². The summed E-state index contributed by atoms with van der Waals surface area (Å²) in [6.07, 6.45) is 5.20. The van der Waals surface area contributed by atoms with Crippen LogP contribution in [0, 0.1) is 0 Å². The summed E-state index contributed by atoms with van der Waals surface area (Å²) in [7, 11) is 0. The van der Waals surface area contributed by atoms with Crippen molar-refractivity contribution in [3.8, 4) is 0 Å². The highest BCUT2D eigenvalue weighted by Gasteiger charge is 2.22. The summed E-state index contributed by atoms with van der Waals surface area (Å²) in [5, 5.41) is 9.43. The Hall–Kier alpha value is -1.06. The van der Waals surface area contributed by atoms with Gasteiger partial charge in [-0.3, -0.25) is 0 Å². The molecule has 3 nitrogen and oxygen atoms in total. The summed E-state index contributed by atoms with van der Waals surface area (Å²) < 4.78 is 10.3. The second-order valence-corrected chi connectivity index (χ2v) is 3.22. The molecule has 0 aliphatic carbocycles. The second-order valence-electron chi connectivity index (χ2n) is 3.22. The van der Waals surface area contributed by atoms with Gasteiger partial charge < -0.3 is 14.3 Å². The van der Waals surface area contributed by atoms with Crippen molar-refractivity contribution in [2.75, 3.05) is 0 Å². The van der Waals surface area contributed by atoms with Crippen LogP contribution >= 0.6 is 0 Å². The van der Waals surface area contributed by atoms with Crippen LogP contribution in [0.25, 0.3) is 0 Å². The normalized spacial score (nSPS) is 28.6. The number of aliphatic hydroxyl groups is 1. The predicted octanol–water partition coefficient (Wildman–Crippen LogP) is 2.01. The van der Waals surface area contributed by atoms with E-state index in [1.165, 1.54) is 0 Å². The molecule has 2 rings (SSSR count). The first-order valence-corrected chi connectivity index (χ1v) is 4.29. The Bertz CT molecular complexity index is 300. The summed E-state index contributed by atoms with van der Waals surface area (Å²) in [4.78, 5) is 0. The van der Waals surface area contributed by atoms with Crippen LogP contribution in [-0.2, 0) is 4.74 Å². The number of rotatable bonds is 1. The van der Waals surface area contributed by atoms with Crippen LogP contribution in [0.5, 0.6) is 0 Å². The van der Waals surface area contributed by atoms with Gasteiger partial charge in [-0.2, -0.15) is 0 Å². The molecule has 0 amide bonds. The van der Waals surface area contributed by atoms with Gasteiger partial charge in [-0.25, -0.2) is 0 Å². The molecule has 0 fully saturated rings. The molecular formula is C10H12O3. The third-order valence-electron chi connectivity index (χ3n) is 2.25. The van der Waals surface area contributed by atoms with Crippen molar-refractivity contribution >= 4 is 0 Å². The van der Waals surface area contributed by atoms with Crippen LogP contribution in [0.1, 0.15) is 25.0 Å². The van der Waals surface area contributed by atoms with Crippen LogP contribution in [-0.4, -0.2) is 11.4 Å². The van der Waals surface area contributed by atoms with E-state index in [0.717, 1.165) is 17.6 Å². The molecule has 2 atom stereocenters. The van der Waals surface area contributed by atoms with E-state index in [-0.39, 0.29) is 6.10 Å². The quantitative estimate of drug-likeness (QED) is 0.672. The van der Waals surface area contributed by atoms with Crippen molar-refractivity contribution in [3.63, 3.8) is 0 Å². The van der Waals surface area contributed by atoms with Crippen LogP contribution in [0.3, 0.4) is 0 Å². The second kappa shape index (κ2) is 3.36. The Labute approximate surface area is 76.6 Å². The Balaban J connectivity index is 2.13. The lowest BCUT2D eigenvalue weighted by molar-refractivity contribution is -0.121. The van der Waals surface area contributed by atoms with Gasteiger partial charge in [0.15, 0.2) is 6.29 Å². The first-order chi connectivity index (χ1) is 6.27. The Morgan fingerprint density at radius 3 is 3.00 bits per heavy atom. The SMILES string of the molecule is CC1=CCC(c2ccoc2)OC1O. The predicted molar refractivity (Wildman–Crippen MR) is 46.9 cm³/mol. The molecule has 2 heterocycles. The highest BCUT2D eigenvalue weighted by Crippen LogP contribution is 2.29. The number of furan rings is 1. The van der Waals surface area contributed by atoms with E-state index in [1.54, 1.807) is 12.5 Å². The van der Waals surface area contributed by atoms with Crippen molar-refractivity contribution in [3.05, 3.63) is 35.8 Å². The zero-order valence-corrected chi connectivity index (χ0v) is 7.43. The zero-order valence-electron chi connectivity index (χ0n) is 7.43. The lowest BCUT2D eigenvalue weighted by Crippen LogP contribution is -2.21. The first kappa shape index (κ1) is 8.53. The van der Waals surface area contributed by atoms with Crippen molar-refractivity contribution < 1.29 is 14.3 Å². The summed E-state index contributed by atoms with van der Waals surface area (Å²) in [6.45, 7) is 1.86. The third-order valence-corrected chi connectivity index (χ3v) is 2.25. The molecule has 13 heavy (non-hydrogen) atoms. The van der Waals surface area contributed by atoms with Gasteiger partial charge in [-0.1, -0.05) is 6.08 Å². The smallest absolute Gasteiger partial charge is 0.177 e. The van der Waals surface area contributed by atoms with Gasteiger partial charge >= 0.3 is 0 Å². The van der Waals surface area contributed by atoms with E-state index in [2.05, 4.69) is 0 Å². The van der Waals surface area contributed by atoms with Crippen LogP contribution in [0.15, 0.2) is 34.7 Å². The first-order valence-electron chi connectivity index (χ1n) is 4.29. The Kier molecular flexibility index (Phi) is 2.20. The maximum absolute atomic E-state index is 9.43. The van der Waals surface area contributed by atoms with E-state index in [4.69, 9.17) is 9.15 Å². The average molecular weight is 180 g/mol. The third kappa shape index (κ3) is 1.66. The molecule has 0 radical (unpaired) electrons. The molecule has 0 spiro atoms. The molecule has 1 aliphatic rings. The van der Waals surface area contributed by atoms with Crippen molar-refractivity contribution in [2.24, 2.45) is 0 Å². The average Bonchev–Trinajstić information content (AvgIpc) is 2.62. The zero-order chi connectivity index (χ0) is 9.26. The van der Waals surface area contributed by atoms with Crippen molar-refractivity contribution in [2.45, 2.75) is 25.7 Å². The molecule has 0 bridgehead atoms. The topological polar surface area (TPSA) is 42.6 Å².